The molecule has 2 unspecified atom stereocenters. The van der Waals surface area contributed by atoms with Crippen LogP contribution >= 0.6 is 47.8 Å². The van der Waals surface area contributed by atoms with Gasteiger partial charge in [0.25, 0.3) is 15.7 Å². The molecule has 0 bridgehead atoms. The van der Waals surface area contributed by atoms with E-state index in [2.05, 4.69) is 52.2 Å². The quantitative estimate of drug-likeness (QED) is 0.293. The van der Waals surface area contributed by atoms with Crippen LogP contribution in [-0.2, 0) is 14.8 Å². The fourth-order valence-corrected chi connectivity index (χ4v) is 6.08. The molecule has 0 saturated heterocycles. The van der Waals surface area contributed by atoms with Crippen molar-refractivity contribution in [3.63, 3.8) is 0 Å². The first-order valence-corrected chi connectivity index (χ1v) is 11.6. The summed E-state index contributed by atoms with van der Waals surface area (Å²) in [4.78, 5) is 21.9. The van der Waals surface area contributed by atoms with Crippen LogP contribution in [0.25, 0.3) is 0 Å². The van der Waals surface area contributed by atoms with Crippen LogP contribution < -0.4 is 0 Å². The number of carbonyl (C=O) groups excluding carboxylic acids is 1. The summed E-state index contributed by atoms with van der Waals surface area (Å²) in [6.45, 7) is 5.24. The van der Waals surface area contributed by atoms with Crippen molar-refractivity contribution in [3.8, 4) is 0 Å². The van der Waals surface area contributed by atoms with E-state index in [1.54, 1.807) is 6.92 Å². The van der Waals surface area contributed by atoms with Gasteiger partial charge in [0.1, 0.15) is 4.32 Å². The summed E-state index contributed by atoms with van der Waals surface area (Å²) in [5.41, 5.74) is 0.284. The molecule has 0 radical (unpaired) electrons. The van der Waals surface area contributed by atoms with Gasteiger partial charge in [-0.05, 0) is 40.4 Å². The monoisotopic (exact) mass is 584 g/mol. The standard InChI is InChI=1S/C16H15Br3N2O5S/c1-8(2)11-12(17)15(22)16(3,19)14(18)13(11)20-27(25,26)10-6-4-5-9(7-10)21(23)24/h4-8,14H,1-3H3. The first-order chi connectivity index (χ1) is 12.3. The second kappa shape index (κ2) is 7.84. The van der Waals surface area contributed by atoms with Crippen LogP contribution in [0.15, 0.2) is 43.6 Å². The van der Waals surface area contributed by atoms with Gasteiger partial charge in [-0.1, -0.05) is 51.8 Å². The fourth-order valence-electron chi connectivity index (χ4n) is 2.54. The molecule has 0 saturated carbocycles. The van der Waals surface area contributed by atoms with Crippen molar-refractivity contribution in [1.82, 2.24) is 0 Å². The molecule has 0 fully saturated rings. The summed E-state index contributed by atoms with van der Waals surface area (Å²) in [5, 5.41) is 10.9. The minimum absolute atomic E-state index is 0.169. The Morgan fingerprint density at radius 1 is 1.33 bits per heavy atom. The van der Waals surface area contributed by atoms with Gasteiger partial charge in [0.15, 0.2) is 5.78 Å². The third-order valence-electron chi connectivity index (χ3n) is 3.99. The van der Waals surface area contributed by atoms with Crippen LogP contribution in [0.5, 0.6) is 0 Å². The Labute approximate surface area is 181 Å². The van der Waals surface area contributed by atoms with Gasteiger partial charge in [0.05, 0.1) is 24.8 Å². The van der Waals surface area contributed by atoms with Gasteiger partial charge >= 0.3 is 0 Å². The minimum Gasteiger partial charge on any atom is -0.292 e. The lowest BCUT2D eigenvalue weighted by atomic mass is 9.83. The minimum atomic E-state index is -4.24. The molecule has 2 rings (SSSR count). The SMILES string of the molecule is CC(C)C1=C(Br)C(=O)C(C)(Br)C(Br)C1=NS(=O)(=O)c1cccc([N+](=O)[O-])c1. The molecule has 0 aromatic heterocycles. The summed E-state index contributed by atoms with van der Waals surface area (Å²) in [5.74, 6) is -0.425. The number of carbonyl (C=O) groups is 1. The number of allylic oxidation sites excluding steroid dienone is 2. The summed E-state index contributed by atoms with van der Waals surface area (Å²) >= 11 is 10.0. The molecule has 11 heteroatoms. The van der Waals surface area contributed by atoms with Crippen LogP contribution in [0, 0.1) is 16.0 Å². The lowest BCUT2D eigenvalue weighted by molar-refractivity contribution is -0.385. The summed E-state index contributed by atoms with van der Waals surface area (Å²) in [7, 11) is -4.24. The number of hydrogen-bond acceptors (Lipinski definition) is 5. The Morgan fingerprint density at radius 2 is 1.93 bits per heavy atom. The summed E-state index contributed by atoms with van der Waals surface area (Å²) in [6, 6.07) is 4.68. The van der Waals surface area contributed by atoms with E-state index >= 15 is 0 Å². The molecule has 0 spiro atoms. The van der Waals surface area contributed by atoms with Crippen molar-refractivity contribution in [3.05, 3.63) is 44.4 Å². The highest BCUT2D eigenvalue weighted by Gasteiger charge is 2.48. The highest BCUT2D eigenvalue weighted by Crippen LogP contribution is 2.43. The van der Waals surface area contributed by atoms with Crippen LogP contribution in [0.2, 0.25) is 0 Å². The van der Waals surface area contributed by atoms with Gasteiger partial charge in [0, 0.05) is 12.1 Å². The van der Waals surface area contributed by atoms with E-state index in [0.717, 1.165) is 6.07 Å². The summed E-state index contributed by atoms with van der Waals surface area (Å²) < 4.78 is 28.7. The number of hydrogen-bond donors (Lipinski definition) is 0. The molecule has 1 aliphatic carbocycles. The fraction of sp³-hybridized carbons (Fsp3) is 0.375. The normalized spacial score (nSPS) is 25.4. The number of Topliss-reactive ketones (excluding diaryl/α,β-unsaturated/α-hetero) is 1. The van der Waals surface area contributed by atoms with E-state index < -0.39 is 24.1 Å². The third-order valence-corrected chi connectivity index (χ3v) is 8.85. The van der Waals surface area contributed by atoms with E-state index in [4.69, 9.17) is 0 Å². The number of sulfonamides is 1. The maximum absolute atomic E-state index is 12.8. The van der Waals surface area contributed by atoms with Crippen molar-refractivity contribution in [2.24, 2.45) is 10.3 Å². The van der Waals surface area contributed by atoms with E-state index in [0.29, 0.717) is 5.57 Å². The number of ketones is 1. The molecular formula is C16H15Br3N2O5S. The molecule has 1 aromatic carbocycles. The largest absolute Gasteiger partial charge is 0.292 e. The first kappa shape index (κ1) is 22.4. The number of nitrogens with zero attached hydrogens (tertiary/aromatic N) is 2. The maximum Gasteiger partial charge on any atom is 0.282 e. The average Bonchev–Trinajstić information content (AvgIpc) is 2.58. The molecule has 0 heterocycles. The number of nitro groups is 1. The molecule has 146 valence electrons. The highest BCUT2D eigenvalue weighted by atomic mass is 79.9. The average molecular weight is 587 g/mol. The molecule has 0 amide bonds. The van der Waals surface area contributed by atoms with Crippen LogP contribution in [-0.4, -0.2) is 34.0 Å². The second-order valence-electron chi connectivity index (χ2n) is 6.36. The van der Waals surface area contributed by atoms with E-state index in [1.807, 2.05) is 13.8 Å². The Balaban J connectivity index is 2.72. The number of nitro benzene ring substituents is 1. The molecular weight excluding hydrogens is 572 g/mol. The van der Waals surface area contributed by atoms with Gasteiger partial charge in [-0.3, -0.25) is 14.9 Å². The predicted octanol–water partition coefficient (Wildman–Crippen LogP) is 4.53. The topological polar surface area (TPSA) is 107 Å². The van der Waals surface area contributed by atoms with Crippen LogP contribution in [0.3, 0.4) is 0 Å². The Kier molecular flexibility index (Phi) is 6.50. The number of non-ortho nitro benzene ring substituents is 1. The second-order valence-corrected chi connectivity index (χ2v) is 11.3. The van der Waals surface area contributed by atoms with Gasteiger partial charge in [-0.2, -0.15) is 12.8 Å². The molecule has 0 N–H and O–H groups in total. The number of alkyl halides is 2. The van der Waals surface area contributed by atoms with Gasteiger partial charge in [-0.25, -0.2) is 0 Å². The lowest BCUT2D eigenvalue weighted by Gasteiger charge is -2.35. The highest BCUT2D eigenvalue weighted by molar-refractivity contribution is 9.13. The van der Waals surface area contributed by atoms with Crippen molar-refractivity contribution in [2.75, 3.05) is 0 Å². The molecule has 2 atom stereocenters. The number of benzene rings is 1. The van der Waals surface area contributed by atoms with Gasteiger partial charge < -0.3 is 0 Å². The Morgan fingerprint density at radius 3 is 2.44 bits per heavy atom. The van der Waals surface area contributed by atoms with Crippen molar-refractivity contribution in [2.45, 2.75) is 34.8 Å². The zero-order chi connectivity index (χ0) is 20.7. The van der Waals surface area contributed by atoms with E-state index in [-0.39, 0.29) is 32.5 Å². The van der Waals surface area contributed by atoms with E-state index in [9.17, 15) is 23.3 Å². The molecule has 1 aliphatic rings. The van der Waals surface area contributed by atoms with Crippen molar-refractivity contribution >= 4 is 75.0 Å². The van der Waals surface area contributed by atoms with E-state index in [1.165, 1.54) is 18.2 Å². The first-order valence-electron chi connectivity index (χ1n) is 7.67. The molecule has 0 aliphatic heterocycles. The summed E-state index contributed by atoms with van der Waals surface area (Å²) in [6.07, 6.45) is 0. The lowest BCUT2D eigenvalue weighted by Crippen LogP contribution is -2.48. The van der Waals surface area contributed by atoms with Gasteiger partial charge in [0.2, 0.25) is 0 Å². The predicted molar refractivity (Wildman–Crippen MR) is 114 cm³/mol. The smallest absolute Gasteiger partial charge is 0.282 e. The number of halogens is 3. The van der Waals surface area contributed by atoms with Crippen molar-refractivity contribution in [1.29, 1.82) is 0 Å². The Hall–Kier alpha value is -0.910. The molecule has 27 heavy (non-hydrogen) atoms. The molecule has 1 aromatic rings. The van der Waals surface area contributed by atoms with Gasteiger partial charge in [-0.15, -0.1) is 0 Å². The van der Waals surface area contributed by atoms with Crippen molar-refractivity contribution < 1.29 is 18.1 Å². The zero-order valence-corrected chi connectivity index (χ0v) is 20.0. The zero-order valence-electron chi connectivity index (χ0n) is 14.4. The maximum atomic E-state index is 12.8. The molecule has 7 nitrogen and oxygen atoms in total. The number of rotatable bonds is 4. The third kappa shape index (κ3) is 4.25. The Bertz CT molecular complexity index is 984. The van der Waals surface area contributed by atoms with Crippen LogP contribution in [0.4, 0.5) is 5.69 Å². The van der Waals surface area contributed by atoms with Crippen LogP contribution in [0.1, 0.15) is 20.8 Å².